The van der Waals surface area contributed by atoms with Crippen molar-refractivity contribution < 1.29 is 9.76 Å². The summed E-state index contributed by atoms with van der Waals surface area (Å²) in [7, 11) is 0. The highest BCUT2D eigenvalue weighted by Gasteiger charge is 2.44. The predicted molar refractivity (Wildman–Crippen MR) is 84.2 cm³/mol. The van der Waals surface area contributed by atoms with Gasteiger partial charge < -0.3 is 4.84 Å². The minimum atomic E-state index is -0.459. The Kier molecular flexibility index (Phi) is 4.39. The second-order valence-electron chi connectivity index (χ2n) is 6.62. The van der Waals surface area contributed by atoms with Crippen molar-refractivity contribution in [2.45, 2.75) is 58.0 Å². The predicted octanol–water partition coefficient (Wildman–Crippen LogP) is 4.30. The van der Waals surface area contributed by atoms with Gasteiger partial charge in [0.25, 0.3) is 6.20 Å². The summed E-state index contributed by atoms with van der Waals surface area (Å²) in [5, 5.41) is 14.7. The molecule has 21 heavy (non-hydrogen) atoms. The molecule has 116 valence electrons. The van der Waals surface area contributed by atoms with Gasteiger partial charge in [0, 0.05) is 0 Å². The molecule has 1 fully saturated rings. The minimum absolute atomic E-state index is 0.158. The van der Waals surface area contributed by atoms with Crippen LogP contribution >= 0.6 is 11.3 Å². The number of thiophene rings is 1. The molecular weight excluding hydrogens is 288 g/mol. The molecule has 0 spiro atoms. The van der Waals surface area contributed by atoms with Gasteiger partial charge in [-0.3, -0.25) is 10.1 Å². The maximum Gasteiger partial charge on any atom is 0.280 e. The van der Waals surface area contributed by atoms with Crippen LogP contribution in [0, 0.1) is 10.1 Å². The van der Waals surface area contributed by atoms with E-state index in [4.69, 9.17) is 4.84 Å². The zero-order chi connectivity index (χ0) is 15.7. The highest BCUT2D eigenvalue weighted by Crippen LogP contribution is 2.40. The third-order valence-corrected chi connectivity index (χ3v) is 4.74. The Morgan fingerprint density at radius 1 is 1.38 bits per heavy atom. The van der Waals surface area contributed by atoms with Crippen molar-refractivity contribution in [3.8, 4) is 0 Å². The van der Waals surface area contributed by atoms with E-state index in [0.29, 0.717) is 5.76 Å². The van der Waals surface area contributed by atoms with Gasteiger partial charge in [-0.2, -0.15) is 0 Å². The summed E-state index contributed by atoms with van der Waals surface area (Å²) in [5.41, 5.74) is -0.316. The van der Waals surface area contributed by atoms with Gasteiger partial charge in [0.2, 0.25) is 5.76 Å². The Morgan fingerprint density at radius 2 is 2.00 bits per heavy atom. The van der Waals surface area contributed by atoms with Crippen LogP contribution in [0.4, 0.5) is 0 Å². The number of rotatable bonds is 4. The highest BCUT2D eigenvalue weighted by molar-refractivity contribution is 7.11. The summed E-state index contributed by atoms with van der Waals surface area (Å²) in [4.78, 5) is 17.3. The molecule has 0 aliphatic carbocycles. The molecule has 0 amide bonds. The largest absolute Gasteiger partial charge is 0.397 e. The first kappa shape index (κ1) is 16.0. The molecular formula is C15H22N2O3S. The molecule has 0 saturated carbocycles. The summed E-state index contributed by atoms with van der Waals surface area (Å²) in [6, 6.07) is 3.70. The fraction of sp³-hybridized carbons (Fsp3) is 0.600. The van der Waals surface area contributed by atoms with Crippen LogP contribution in [0.3, 0.4) is 0 Å². The lowest BCUT2D eigenvalue weighted by molar-refractivity contribution is -0.404. The van der Waals surface area contributed by atoms with Crippen LogP contribution < -0.4 is 0 Å². The zero-order valence-electron chi connectivity index (χ0n) is 13.0. The molecule has 1 aromatic rings. The molecule has 1 aliphatic rings. The number of nitrogens with zero attached hydrogens (tertiary/aromatic N) is 2. The second kappa shape index (κ2) is 5.77. The smallest absolute Gasteiger partial charge is 0.280 e. The van der Waals surface area contributed by atoms with E-state index in [0.717, 1.165) is 30.3 Å². The van der Waals surface area contributed by atoms with Gasteiger partial charge in [0.05, 0.1) is 20.9 Å². The van der Waals surface area contributed by atoms with E-state index in [9.17, 15) is 10.1 Å². The Bertz CT molecular complexity index is 519. The lowest BCUT2D eigenvalue weighted by Gasteiger charge is -2.50. The Labute approximate surface area is 129 Å². The lowest BCUT2D eigenvalue weighted by atomic mass is 9.82. The van der Waals surface area contributed by atoms with Crippen molar-refractivity contribution in [1.29, 1.82) is 0 Å². The molecule has 2 rings (SSSR count). The fourth-order valence-electron chi connectivity index (χ4n) is 2.97. The number of piperidine rings is 1. The highest BCUT2D eigenvalue weighted by atomic mass is 32.1. The molecule has 1 saturated heterocycles. The molecule has 1 aromatic heterocycles. The van der Waals surface area contributed by atoms with Crippen molar-refractivity contribution in [3.63, 3.8) is 0 Å². The third kappa shape index (κ3) is 3.63. The van der Waals surface area contributed by atoms with Crippen molar-refractivity contribution in [2.24, 2.45) is 0 Å². The SMILES string of the molecule is CC1(C)CCCC(C)(C)N1O/C(=C/[N+](=O)[O-])c1cccs1. The normalized spacial score (nSPS) is 22.0. The van der Waals surface area contributed by atoms with Gasteiger partial charge in [-0.1, -0.05) is 6.07 Å². The van der Waals surface area contributed by atoms with Crippen LogP contribution in [0.2, 0.25) is 0 Å². The van der Waals surface area contributed by atoms with Crippen LogP contribution in [0.15, 0.2) is 23.7 Å². The van der Waals surface area contributed by atoms with E-state index in [-0.39, 0.29) is 11.1 Å². The van der Waals surface area contributed by atoms with Gasteiger partial charge in [-0.25, -0.2) is 0 Å². The molecule has 2 heterocycles. The van der Waals surface area contributed by atoms with Gasteiger partial charge in [0.15, 0.2) is 0 Å². The maximum absolute atomic E-state index is 10.9. The third-order valence-electron chi connectivity index (χ3n) is 3.85. The van der Waals surface area contributed by atoms with Gasteiger partial charge in [-0.15, -0.1) is 16.4 Å². The monoisotopic (exact) mass is 310 g/mol. The van der Waals surface area contributed by atoms with Crippen molar-refractivity contribution in [1.82, 2.24) is 5.06 Å². The summed E-state index contributed by atoms with van der Waals surface area (Å²) >= 11 is 1.44. The molecule has 0 aromatic carbocycles. The first-order chi connectivity index (χ1) is 9.72. The summed E-state index contributed by atoms with van der Waals surface area (Å²) in [5.74, 6) is 0.304. The molecule has 6 heteroatoms. The van der Waals surface area contributed by atoms with Crippen molar-refractivity contribution in [3.05, 3.63) is 38.7 Å². The number of nitro groups is 1. The van der Waals surface area contributed by atoms with Crippen LogP contribution in [-0.2, 0) is 4.84 Å². The molecule has 5 nitrogen and oxygen atoms in total. The molecule has 0 atom stereocenters. The molecule has 0 radical (unpaired) electrons. The molecule has 0 unspecified atom stereocenters. The van der Waals surface area contributed by atoms with Crippen LogP contribution in [0.25, 0.3) is 5.76 Å². The first-order valence-electron chi connectivity index (χ1n) is 7.10. The quantitative estimate of drug-likeness (QED) is 0.473. The zero-order valence-corrected chi connectivity index (χ0v) is 13.8. The lowest BCUT2D eigenvalue weighted by Crippen LogP contribution is -2.57. The fourth-order valence-corrected chi connectivity index (χ4v) is 3.64. The van der Waals surface area contributed by atoms with E-state index in [1.807, 2.05) is 22.6 Å². The molecule has 0 bridgehead atoms. The average molecular weight is 310 g/mol. The van der Waals surface area contributed by atoms with Crippen molar-refractivity contribution >= 4 is 17.1 Å². The first-order valence-corrected chi connectivity index (χ1v) is 7.98. The summed E-state index contributed by atoms with van der Waals surface area (Å²) in [6.45, 7) is 8.47. The Morgan fingerprint density at radius 3 is 2.48 bits per heavy atom. The molecule has 1 aliphatic heterocycles. The number of hydrogen-bond acceptors (Lipinski definition) is 5. The van der Waals surface area contributed by atoms with E-state index in [1.54, 1.807) is 0 Å². The Balaban J connectivity index is 2.33. The Hall–Kier alpha value is -1.40. The van der Waals surface area contributed by atoms with Crippen LogP contribution in [-0.4, -0.2) is 21.1 Å². The summed E-state index contributed by atoms with van der Waals surface area (Å²) in [6.07, 6.45) is 4.10. The second-order valence-corrected chi connectivity index (χ2v) is 7.57. The van der Waals surface area contributed by atoms with Gasteiger partial charge >= 0.3 is 0 Å². The van der Waals surface area contributed by atoms with Gasteiger partial charge in [-0.05, 0) is 58.4 Å². The molecule has 0 N–H and O–H groups in total. The number of hydroxylamine groups is 2. The van der Waals surface area contributed by atoms with Crippen LogP contribution in [0.5, 0.6) is 0 Å². The average Bonchev–Trinajstić information content (AvgIpc) is 2.84. The van der Waals surface area contributed by atoms with E-state index < -0.39 is 4.92 Å². The van der Waals surface area contributed by atoms with E-state index >= 15 is 0 Å². The minimum Gasteiger partial charge on any atom is -0.397 e. The summed E-state index contributed by atoms with van der Waals surface area (Å²) < 4.78 is 0. The topological polar surface area (TPSA) is 55.6 Å². The van der Waals surface area contributed by atoms with E-state index in [1.165, 1.54) is 11.3 Å². The van der Waals surface area contributed by atoms with Gasteiger partial charge in [0.1, 0.15) is 0 Å². The maximum atomic E-state index is 10.9. The van der Waals surface area contributed by atoms with Crippen molar-refractivity contribution in [2.75, 3.05) is 0 Å². The number of hydrogen-bond donors (Lipinski definition) is 0. The van der Waals surface area contributed by atoms with E-state index in [2.05, 4.69) is 27.7 Å². The standard InChI is InChI=1S/C15H22N2O3S/c1-14(2)8-6-9-15(3,4)17(14)20-12(11-16(18)19)13-7-5-10-21-13/h5,7,10-11H,6,8-9H2,1-4H3/b12-11+. The van der Waals surface area contributed by atoms with Crippen LogP contribution in [0.1, 0.15) is 51.8 Å².